The van der Waals surface area contributed by atoms with Crippen LogP contribution in [-0.4, -0.2) is 183 Å². The van der Waals surface area contributed by atoms with Crippen LogP contribution in [0.25, 0.3) is 0 Å². The summed E-state index contributed by atoms with van der Waals surface area (Å²) in [5, 5.41) is 33.0. The molecule has 2 amide bonds. The van der Waals surface area contributed by atoms with Crippen LogP contribution in [0.15, 0.2) is 0 Å². The van der Waals surface area contributed by atoms with Gasteiger partial charge in [0.25, 0.3) is 0 Å². The summed E-state index contributed by atoms with van der Waals surface area (Å²) in [5.74, 6) is -3.54. The van der Waals surface area contributed by atoms with E-state index in [1.165, 1.54) is 7.05 Å². The third kappa shape index (κ3) is 18.1. The molecule has 0 saturated carbocycles. The molecule has 0 unspecified atom stereocenters. The maximum Gasteiger partial charge on any atom is 0.317 e. The second-order valence-electron chi connectivity index (χ2n) is 8.97. The first kappa shape index (κ1) is 34.1. The minimum atomic E-state index is -1.02. The quantitative estimate of drug-likeness (QED) is 0.115. The van der Waals surface area contributed by atoms with E-state index in [1.54, 1.807) is 14.7 Å². The predicted molar refractivity (Wildman–Crippen MR) is 137 cm³/mol. The highest BCUT2D eigenvalue weighted by Crippen LogP contribution is 2.01. The minimum absolute atomic E-state index is 0.0300. The first-order valence-electron chi connectivity index (χ1n) is 12.8. The lowest BCUT2D eigenvalue weighted by molar-refractivity contribution is -0.140. The van der Waals surface area contributed by atoms with Crippen molar-refractivity contribution in [1.82, 2.24) is 30.2 Å². The normalized spacial score (nSPS) is 17.1. The van der Waals surface area contributed by atoms with Gasteiger partial charge in [0.15, 0.2) is 0 Å². The SMILES string of the molecule is CNC(=O)COCCOCCNC(=O)CN1CCN(CC(=O)O)CCN(CC(=O)O)CCN(CC(=O)O)CC1. The highest BCUT2D eigenvalue weighted by Gasteiger charge is 2.21. The van der Waals surface area contributed by atoms with Gasteiger partial charge in [0.1, 0.15) is 6.61 Å². The van der Waals surface area contributed by atoms with Gasteiger partial charge in [0, 0.05) is 66.0 Å². The molecule has 0 atom stereocenters. The molecule has 0 aromatic heterocycles. The Bertz CT molecular complexity index is 754. The van der Waals surface area contributed by atoms with E-state index in [4.69, 9.17) is 9.47 Å². The fourth-order valence-corrected chi connectivity index (χ4v) is 3.76. The number of carboxylic acids is 3. The molecule has 1 rings (SSSR count). The van der Waals surface area contributed by atoms with Crippen molar-refractivity contribution < 1.29 is 48.8 Å². The number of carbonyl (C=O) groups is 5. The van der Waals surface area contributed by atoms with Crippen LogP contribution in [0, 0.1) is 0 Å². The molecule has 0 radical (unpaired) electrons. The van der Waals surface area contributed by atoms with Crippen molar-refractivity contribution in [2.45, 2.75) is 0 Å². The second kappa shape index (κ2) is 20.1. The van der Waals surface area contributed by atoms with E-state index in [-0.39, 0.29) is 71.0 Å². The van der Waals surface area contributed by atoms with Crippen molar-refractivity contribution in [3.05, 3.63) is 0 Å². The molecule has 0 aromatic carbocycles. The molecule has 0 aromatic rings. The number of likely N-dealkylation sites (N-methyl/N-ethyl adjacent to an activating group) is 1. The van der Waals surface area contributed by atoms with Gasteiger partial charge in [0.2, 0.25) is 11.8 Å². The molecule has 1 fully saturated rings. The molecular weight excluding hydrogens is 520 g/mol. The molecular formula is C23H42N6O10. The summed E-state index contributed by atoms with van der Waals surface area (Å²) >= 11 is 0. The number of nitrogens with zero attached hydrogens (tertiary/aromatic N) is 4. The van der Waals surface area contributed by atoms with E-state index < -0.39 is 17.9 Å². The van der Waals surface area contributed by atoms with Gasteiger partial charge in [-0.25, -0.2) is 0 Å². The Kier molecular flexibility index (Phi) is 17.6. The minimum Gasteiger partial charge on any atom is -0.480 e. The molecule has 1 heterocycles. The lowest BCUT2D eigenvalue weighted by Crippen LogP contribution is -2.50. The number of hydrogen-bond donors (Lipinski definition) is 5. The summed E-state index contributed by atoms with van der Waals surface area (Å²) in [6, 6.07) is 0. The van der Waals surface area contributed by atoms with Gasteiger partial charge in [0.05, 0.1) is 46.0 Å². The van der Waals surface area contributed by atoms with Crippen LogP contribution in [0.2, 0.25) is 0 Å². The topological polar surface area (TPSA) is 202 Å². The van der Waals surface area contributed by atoms with E-state index in [9.17, 15) is 39.3 Å². The molecule has 0 bridgehead atoms. The van der Waals surface area contributed by atoms with Crippen LogP contribution in [-0.2, 0) is 33.4 Å². The molecule has 1 aliphatic heterocycles. The Labute approximate surface area is 227 Å². The zero-order chi connectivity index (χ0) is 29.0. The number of amides is 2. The highest BCUT2D eigenvalue weighted by atomic mass is 16.5. The van der Waals surface area contributed by atoms with Crippen LogP contribution in [0.4, 0.5) is 0 Å². The third-order valence-corrected chi connectivity index (χ3v) is 5.83. The van der Waals surface area contributed by atoms with Gasteiger partial charge in [-0.05, 0) is 0 Å². The molecule has 0 spiro atoms. The molecule has 16 nitrogen and oxygen atoms in total. The van der Waals surface area contributed by atoms with Gasteiger partial charge in [-0.15, -0.1) is 0 Å². The summed E-state index contributed by atoms with van der Waals surface area (Å²) in [6.07, 6.45) is 0. The number of nitrogens with one attached hydrogen (secondary N) is 2. The molecule has 5 N–H and O–H groups in total. The van der Waals surface area contributed by atoms with E-state index >= 15 is 0 Å². The summed E-state index contributed by atoms with van der Waals surface area (Å²) in [7, 11) is 1.51. The number of ether oxygens (including phenoxy) is 2. The molecule has 39 heavy (non-hydrogen) atoms. The summed E-state index contributed by atoms with van der Waals surface area (Å²) in [6.45, 7) is 2.91. The largest absolute Gasteiger partial charge is 0.480 e. The average Bonchev–Trinajstić information content (AvgIpc) is 2.86. The molecule has 224 valence electrons. The lowest BCUT2D eigenvalue weighted by atomic mass is 10.3. The Morgan fingerprint density at radius 2 is 0.974 bits per heavy atom. The van der Waals surface area contributed by atoms with E-state index in [0.29, 0.717) is 52.4 Å². The van der Waals surface area contributed by atoms with Crippen molar-refractivity contribution >= 4 is 29.7 Å². The monoisotopic (exact) mass is 562 g/mol. The van der Waals surface area contributed by atoms with Gasteiger partial charge in [-0.1, -0.05) is 0 Å². The lowest BCUT2D eigenvalue weighted by Gasteiger charge is -2.32. The maximum absolute atomic E-state index is 12.5. The number of carbonyl (C=O) groups excluding carboxylic acids is 2. The van der Waals surface area contributed by atoms with Crippen LogP contribution in [0.5, 0.6) is 0 Å². The first-order chi connectivity index (χ1) is 18.6. The molecule has 1 aliphatic rings. The zero-order valence-electron chi connectivity index (χ0n) is 22.5. The van der Waals surface area contributed by atoms with E-state index in [2.05, 4.69) is 10.6 Å². The summed E-state index contributed by atoms with van der Waals surface area (Å²) < 4.78 is 10.5. The zero-order valence-corrected chi connectivity index (χ0v) is 22.5. The van der Waals surface area contributed by atoms with Gasteiger partial charge >= 0.3 is 17.9 Å². The Morgan fingerprint density at radius 1 is 0.590 bits per heavy atom. The van der Waals surface area contributed by atoms with Crippen LogP contribution in [0.1, 0.15) is 0 Å². The van der Waals surface area contributed by atoms with Crippen molar-refractivity contribution in [3.63, 3.8) is 0 Å². The van der Waals surface area contributed by atoms with Crippen LogP contribution < -0.4 is 10.6 Å². The maximum atomic E-state index is 12.5. The second-order valence-corrected chi connectivity index (χ2v) is 8.97. The van der Waals surface area contributed by atoms with Crippen molar-refractivity contribution in [2.24, 2.45) is 0 Å². The fraction of sp³-hybridized carbons (Fsp3) is 0.783. The van der Waals surface area contributed by atoms with Gasteiger partial charge < -0.3 is 35.4 Å². The number of rotatable bonds is 16. The van der Waals surface area contributed by atoms with Crippen molar-refractivity contribution in [3.8, 4) is 0 Å². The van der Waals surface area contributed by atoms with Crippen molar-refractivity contribution in [1.29, 1.82) is 0 Å². The Hall–Kier alpha value is -2.89. The molecule has 1 saturated heterocycles. The third-order valence-electron chi connectivity index (χ3n) is 5.83. The standard InChI is InChI=1S/C23H42N6O10/c1-24-20(31)18-39-13-12-38-11-2-25-19(30)14-26-3-5-27(15-21(32)33)7-9-29(17-23(36)37)10-8-28(6-4-26)16-22(34)35/h2-18H2,1H3,(H,24,31)(H,25,30)(H,32,33)(H,34,35)(H,36,37). The van der Waals surface area contributed by atoms with Crippen LogP contribution >= 0.6 is 0 Å². The van der Waals surface area contributed by atoms with Gasteiger partial charge in [-0.2, -0.15) is 0 Å². The smallest absolute Gasteiger partial charge is 0.317 e. The predicted octanol–water partition coefficient (Wildman–Crippen LogP) is -3.64. The van der Waals surface area contributed by atoms with Crippen molar-refractivity contribution in [2.75, 3.05) is 119 Å². The van der Waals surface area contributed by atoms with E-state index in [1.807, 2.05) is 4.90 Å². The Morgan fingerprint density at radius 3 is 1.36 bits per heavy atom. The summed E-state index contributed by atoms with van der Waals surface area (Å²) in [5.41, 5.74) is 0. The highest BCUT2D eigenvalue weighted by molar-refractivity contribution is 5.78. The molecule has 0 aliphatic carbocycles. The first-order valence-corrected chi connectivity index (χ1v) is 12.8. The Balaban J connectivity index is 2.65. The number of hydrogen-bond acceptors (Lipinski definition) is 11. The summed E-state index contributed by atoms with van der Waals surface area (Å²) in [4.78, 5) is 64.5. The number of aliphatic carboxylic acids is 3. The average molecular weight is 563 g/mol. The number of carboxylic acid groups (broad SMARTS) is 3. The van der Waals surface area contributed by atoms with Crippen LogP contribution in [0.3, 0.4) is 0 Å². The molecule has 16 heteroatoms. The fourth-order valence-electron chi connectivity index (χ4n) is 3.76. The van der Waals surface area contributed by atoms with E-state index in [0.717, 1.165) is 0 Å². The van der Waals surface area contributed by atoms with Gasteiger partial charge in [-0.3, -0.25) is 43.6 Å².